The molecule has 180 valence electrons. The molecule has 1 aromatic carbocycles. The standard InChI is InChI=1S/C14H16F4O3.C7H7N3O2/c1-7-10(6-21-13(7)14(16,17)18)8-3-4-11(15)9(5-19)12(8)20-2;8-7(12)6-3-5(10-4-11)1-2-9-6/h3-4,7,10,13,19H,5-6H2,1-2H3;1-4H,(H2,8,12)(H,9,10,11). The fourth-order valence-corrected chi connectivity index (χ4v) is 3.51. The summed E-state index contributed by atoms with van der Waals surface area (Å²) < 4.78 is 62.1. The van der Waals surface area contributed by atoms with Crippen LogP contribution in [0.1, 0.15) is 34.5 Å². The Labute approximate surface area is 186 Å². The van der Waals surface area contributed by atoms with Gasteiger partial charge in [0.25, 0.3) is 5.91 Å². The van der Waals surface area contributed by atoms with Crippen LogP contribution in [0.5, 0.6) is 5.75 Å². The van der Waals surface area contributed by atoms with Crippen molar-refractivity contribution >= 4 is 18.0 Å². The molecule has 4 N–H and O–H groups in total. The number of methoxy groups -OCH3 is 1. The number of primary amides is 1. The molecule has 8 nitrogen and oxygen atoms in total. The minimum absolute atomic E-state index is 0.0577. The third-order valence-corrected chi connectivity index (χ3v) is 5.12. The first kappa shape index (κ1) is 26.0. The molecule has 1 aromatic heterocycles. The average Bonchev–Trinajstić information content (AvgIpc) is 3.16. The number of aliphatic hydroxyl groups is 1. The molecule has 0 radical (unpaired) electrons. The van der Waals surface area contributed by atoms with E-state index < -0.39 is 42.4 Å². The van der Waals surface area contributed by atoms with Crippen molar-refractivity contribution in [3.05, 3.63) is 53.1 Å². The van der Waals surface area contributed by atoms with E-state index in [9.17, 15) is 32.3 Å². The third kappa shape index (κ3) is 6.17. The van der Waals surface area contributed by atoms with E-state index in [2.05, 4.69) is 10.3 Å². The minimum Gasteiger partial charge on any atom is -0.496 e. The van der Waals surface area contributed by atoms with Crippen LogP contribution in [-0.2, 0) is 16.1 Å². The monoisotopic (exact) mass is 473 g/mol. The van der Waals surface area contributed by atoms with Gasteiger partial charge in [-0.25, -0.2) is 4.39 Å². The van der Waals surface area contributed by atoms with Gasteiger partial charge in [0.2, 0.25) is 6.41 Å². The molecule has 0 spiro atoms. The summed E-state index contributed by atoms with van der Waals surface area (Å²) in [5, 5.41) is 11.6. The highest BCUT2D eigenvalue weighted by atomic mass is 19.4. The smallest absolute Gasteiger partial charge is 0.414 e. The number of alkyl halides is 3. The highest BCUT2D eigenvalue weighted by Gasteiger charge is 2.51. The molecule has 3 unspecified atom stereocenters. The van der Waals surface area contributed by atoms with E-state index in [4.69, 9.17) is 15.2 Å². The second-order valence-electron chi connectivity index (χ2n) is 7.12. The molecule has 1 fully saturated rings. The van der Waals surface area contributed by atoms with Crippen LogP contribution in [0.4, 0.5) is 23.2 Å². The number of hydrogen-bond acceptors (Lipinski definition) is 6. The first-order valence-electron chi connectivity index (χ1n) is 9.65. The van der Waals surface area contributed by atoms with E-state index in [-0.39, 0.29) is 23.6 Å². The molecule has 2 aromatic rings. The maximum atomic E-state index is 13.6. The zero-order chi connectivity index (χ0) is 24.8. The second kappa shape index (κ2) is 11.1. The average molecular weight is 473 g/mol. The van der Waals surface area contributed by atoms with E-state index in [0.29, 0.717) is 17.7 Å². The maximum absolute atomic E-state index is 13.6. The molecule has 1 aliphatic rings. The number of pyridine rings is 1. The first-order chi connectivity index (χ1) is 15.5. The van der Waals surface area contributed by atoms with Gasteiger partial charge in [-0.15, -0.1) is 0 Å². The molecule has 0 saturated carbocycles. The number of benzene rings is 1. The van der Waals surface area contributed by atoms with Crippen LogP contribution < -0.4 is 15.8 Å². The third-order valence-electron chi connectivity index (χ3n) is 5.12. The first-order valence-corrected chi connectivity index (χ1v) is 9.65. The summed E-state index contributed by atoms with van der Waals surface area (Å²) in [5.74, 6) is -2.59. The molecule has 2 heterocycles. The number of nitrogens with two attached hydrogens (primary N) is 1. The van der Waals surface area contributed by atoms with Gasteiger partial charge >= 0.3 is 6.18 Å². The lowest BCUT2D eigenvalue weighted by atomic mass is 9.85. The zero-order valence-corrected chi connectivity index (χ0v) is 17.7. The number of carbonyl (C=O) groups is 2. The molecule has 33 heavy (non-hydrogen) atoms. The Balaban J connectivity index is 0.000000273. The minimum atomic E-state index is -4.44. The second-order valence-corrected chi connectivity index (χ2v) is 7.12. The molecule has 3 atom stereocenters. The van der Waals surface area contributed by atoms with Gasteiger partial charge in [-0.1, -0.05) is 13.0 Å². The fraction of sp³-hybridized carbons (Fsp3) is 0.381. The summed E-state index contributed by atoms with van der Waals surface area (Å²) in [5.41, 5.74) is 5.94. The van der Waals surface area contributed by atoms with Gasteiger partial charge in [-0.05, 0) is 18.2 Å². The number of rotatable bonds is 6. The van der Waals surface area contributed by atoms with Crippen molar-refractivity contribution in [2.75, 3.05) is 19.0 Å². The highest BCUT2D eigenvalue weighted by Crippen LogP contribution is 2.45. The molecule has 12 heteroatoms. The van der Waals surface area contributed by atoms with Crippen LogP contribution in [0.3, 0.4) is 0 Å². The predicted octanol–water partition coefficient (Wildman–Crippen LogP) is 2.76. The van der Waals surface area contributed by atoms with Gasteiger partial charge in [-0.3, -0.25) is 14.6 Å². The van der Waals surface area contributed by atoms with E-state index >= 15 is 0 Å². The number of carbonyl (C=O) groups excluding carboxylic acids is 2. The summed E-state index contributed by atoms with van der Waals surface area (Å²) in [4.78, 5) is 24.3. The Hall–Kier alpha value is -3.25. The molecular formula is C21H23F4N3O5. The molecule has 1 aliphatic heterocycles. The number of nitrogens with one attached hydrogen (secondary N) is 1. The molecule has 3 rings (SSSR count). The Kier molecular flexibility index (Phi) is 8.71. The van der Waals surface area contributed by atoms with Crippen LogP contribution in [0.25, 0.3) is 0 Å². The number of hydrogen-bond donors (Lipinski definition) is 3. The van der Waals surface area contributed by atoms with Gasteiger partial charge in [0.05, 0.1) is 25.9 Å². The van der Waals surface area contributed by atoms with Gasteiger partial charge in [0.15, 0.2) is 6.10 Å². The molecule has 0 bridgehead atoms. The largest absolute Gasteiger partial charge is 0.496 e. The number of nitrogens with zero attached hydrogens (tertiary/aromatic N) is 1. The number of aromatic nitrogens is 1. The summed E-state index contributed by atoms with van der Waals surface area (Å²) in [7, 11) is 1.29. The van der Waals surface area contributed by atoms with Crippen molar-refractivity contribution in [1.82, 2.24) is 4.98 Å². The summed E-state index contributed by atoms with van der Waals surface area (Å²) >= 11 is 0. The van der Waals surface area contributed by atoms with Gasteiger partial charge < -0.3 is 25.6 Å². The number of aliphatic hydroxyl groups excluding tert-OH is 1. The molecule has 1 saturated heterocycles. The van der Waals surface area contributed by atoms with Crippen molar-refractivity contribution in [3.8, 4) is 5.75 Å². The summed E-state index contributed by atoms with van der Waals surface area (Å²) in [6.45, 7) is 0.725. The van der Waals surface area contributed by atoms with Crippen LogP contribution in [0, 0.1) is 11.7 Å². The fourth-order valence-electron chi connectivity index (χ4n) is 3.51. The van der Waals surface area contributed by atoms with Crippen molar-refractivity contribution < 1.29 is 41.7 Å². The lowest BCUT2D eigenvalue weighted by Crippen LogP contribution is -2.33. The quantitative estimate of drug-likeness (QED) is 0.438. The maximum Gasteiger partial charge on any atom is 0.414 e. The topological polar surface area (TPSA) is 124 Å². The Bertz CT molecular complexity index is 987. The normalized spacial score (nSPS) is 19.9. The lowest BCUT2D eigenvalue weighted by Gasteiger charge is -2.23. The molecule has 2 amide bonds. The van der Waals surface area contributed by atoms with Gasteiger partial charge in [0.1, 0.15) is 17.3 Å². The number of ether oxygens (including phenoxy) is 2. The molecule has 0 aliphatic carbocycles. The van der Waals surface area contributed by atoms with Crippen molar-refractivity contribution in [3.63, 3.8) is 0 Å². The van der Waals surface area contributed by atoms with E-state index in [1.54, 1.807) is 6.07 Å². The Morgan fingerprint density at radius 2 is 2.09 bits per heavy atom. The van der Waals surface area contributed by atoms with Crippen LogP contribution >= 0.6 is 0 Å². The van der Waals surface area contributed by atoms with Crippen molar-refractivity contribution in [2.45, 2.75) is 31.7 Å². The number of halogens is 4. The lowest BCUT2D eigenvalue weighted by molar-refractivity contribution is -0.215. The van der Waals surface area contributed by atoms with Crippen LogP contribution in [0.15, 0.2) is 30.5 Å². The highest BCUT2D eigenvalue weighted by molar-refractivity contribution is 5.92. The van der Waals surface area contributed by atoms with Crippen molar-refractivity contribution in [1.29, 1.82) is 0 Å². The summed E-state index contributed by atoms with van der Waals surface area (Å²) in [6, 6.07) is 5.46. The van der Waals surface area contributed by atoms with Gasteiger partial charge in [0, 0.05) is 29.3 Å². The predicted molar refractivity (Wildman–Crippen MR) is 109 cm³/mol. The van der Waals surface area contributed by atoms with E-state index in [1.165, 1.54) is 32.4 Å². The van der Waals surface area contributed by atoms with Crippen molar-refractivity contribution in [2.24, 2.45) is 11.7 Å². The van der Waals surface area contributed by atoms with Crippen LogP contribution in [0.2, 0.25) is 0 Å². The molecular weight excluding hydrogens is 450 g/mol. The number of anilines is 1. The van der Waals surface area contributed by atoms with Gasteiger partial charge in [-0.2, -0.15) is 13.2 Å². The Morgan fingerprint density at radius 1 is 1.39 bits per heavy atom. The summed E-state index contributed by atoms with van der Waals surface area (Å²) in [6.07, 6.45) is -4.39. The van der Waals surface area contributed by atoms with E-state index in [1.807, 2.05) is 0 Å². The van der Waals surface area contributed by atoms with E-state index in [0.717, 1.165) is 6.07 Å². The van der Waals surface area contributed by atoms with Crippen LogP contribution in [-0.4, -0.2) is 48.4 Å². The number of amides is 2. The zero-order valence-electron chi connectivity index (χ0n) is 17.7. The Morgan fingerprint density at radius 3 is 2.61 bits per heavy atom. The SMILES string of the molecule is COc1c(C2COC(C(F)(F)F)C2C)ccc(F)c1CO.NC(=O)c1cc(NC=O)ccn1.